The van der Waals surface area contributed by atoms with Crippen LogP contribution in [0.5, 0.6) is 0 Å². The maximum atomic E-state index is 14.3. The van der Waals surface area contributed by atoms with Crippen LogP contribution in [0.4, 0.5) is 23.4 Å². The highest BCUT2D eigenvalue weighted by atomic mass is 19.4. The Morgan fingerprint density at radius 2 is 1.91 bits per heavy atom. The number of aromatic nitrogens is 1. The smallest absolute Gasteiger partial charge is 0.348 e. The molecule has 172 valence electrons. The molecule has 1 aliphatic rings. The minimum Gasteiger partial charge on any atom is -0.348 e. The van der Waals surface area contributed by atoms with Gasteiger partial charge >= 0.3 is 6.18 Å². The molecule has 2 aromatic rings. The number of likely N-dealkylation sites (N-methyl/N-ethyl adjacent to an activating group) is 1. The fourth-order valence-corrected chi connectivity index (χ4v) is 3.75. The minimum atomic E-state index is -4.46. The predicted octanol–water partition coefficient (Wildman–Crippen LogP) is 4.38. The first-order valence-corrected chi connectivity index (χ1v) is 10.3. The van der Waals surface area contributed by atoms with E-state index in [9.17, 15) is 27.2 Å². The molecule has 1 aromatic carbocycles. The zero-order chi connectivity index (χ0) is 23.5. The van der Waals surface area contributed by atoms with Crippen molar-refractivity contribution in [3.05, 3.63) is 59.0 Å². The molecule has 0 spiro atoms. The van der Waals surface area contributed by atoms with Gasteiger partial charge in [0.15, 0.2) is 11.6 Å². The van der Waals surface area contributed by atoms with Crippen LogP contribution >= 0.6 is 0 Å². The Balaban J connectivity index is 1.81. The van der Waals surface area contributed by atoms with E-state index in [1.165, 1.54) is 41.2 Å². The number of aryl methyl sites for hydroxylation is 1. The molecule has 1 atom stereocenters. The van der Waals surface area contributed by atoms with E-state index in [0.717, 1.165) is 37.7 Å². The lowest BCUT2D eigenvalue weighted by atomic mass is 9.79. The third-order valence-electron chi connectivity index (χ3n) is 5.78. The lowest BCUT2D eigenvalue weighted by molar-refractivity contribution is -0.139. The number of aldehydes is 1. The maximum absolute atomic E-state index is 14.3. The van der Waals surface area contributed by atoms with Crippen molar-refractivity contribution in [2.45, 2.75) is 44.9 Å². The molecule has 0 saturated heterocycles. The van der Waals surface area contributed by atoms with Crippen LogP contribution in [0.3, 0.4) is 0 Å². The molecule has 1 aliphatic carbocycles. The summed E-state index contributed by atoms with van der Waals surface area (Å²) in [6.45, 7) is 1.45. The molecule has 0 N–H and O–H groups in total. The molecule has 1 fully saturated rings. The van der Waals surface area contributed by atoms with Gasteiger partial charge in [0, 0.05) is 19.8 Å². The Labute approximate surface area is 184 Å². The van der Waals surface area contributed by atoms with Crippen molar-refractivity contribution < 1.29 is 27.2 Å². The standard InChI is InChI=1S/C23H25F4N3O2/c1-15-10-19(24)22(28-11-15)29(2)13-21(32)30(20(14-31)17-4-3-5-17)12-16-6-8-18(9-7-16)23(25,26)27/h6-11,14,17,20H,3-5,12-13H2,1-2H3. The molecular weight excluding hydrogens is 426 g/mol. The number of carbonyl (C=O) groups excluding carboxylic acids is 2. The zero-order valence-corrected chi connectivity index (χ0v) is 17.9. The Kier molecular flexibility index (Phi) is 7.16. The van der Waals surface area contributed by atoms with E-state index in [1.807, 2.05) is 0 Å². The van der Waals surface area contributed by atoms with Crippen LogP contribution in [0, 0.1) is 18.7 Å². The molecule has 0 bridgehead atoms. The number of pyridine rings is 1. The summed E-state index contributed by atoms with van der Waals surface area (Å²) in [6.07, 6.45) is 0.293. The van der Waals surface area contributed by atoms with Gasteiger partial charge in [-0.3, -0.25) is 4.79 Å². The van der Waals surface area contributed by atoms with Crippen LogP contribution in [0.15, 0.2) is 36.5 Å². The minimum absolute atomic E-state index is 0.00438. The second kappa shape index (κ2) is 9.67. The Hall–Kier alpha value is -2.97. The van der Waals surface area contributed by atoms with Gasteiger partial charge in [0.05, 0.1) is 18.2 Å². The Morgan fingerprint density at radius 1 is 1.25 bits per heavy atom. The number of halogens is 4. The van der Waals surface area contributed by atoms with E-state index in [0.29, 0.717) is 11.1 Å². The average molecular weight is 451 g/mol. The first-order chi connectivity index (χ1) is 15.1. The van der Waals surface area contributed by atoms with Gasteiger partial charge in [-0.05, 0) is 55.0 Å². The average Bonchev–Trinajstić information content (AvgIpc) is 2.68. The molecule has 1 aromatic heterocycles. The molecule has 1 heterocycles. The molecule has 1 saturated carbocycles. The van der Waals surface area contributed by atoms with E-state index in [2.05, 4.69) is 4.98 Å². The van der Waals surface area contributed by atoms with Crippen molar-refractivity contribution in [1.29, 1.82) is 0 Å². The number of alkyl halides is 3. The summed E-state index contributed by atoms with van der Waals surface area (Å²) in [4.78, 5) is 31.8. The lowest BCUT2D eigenvalue weighted by Crippen LogP contribution is -2.50. The van der Waals surface area contributed by atoms with Gasteiger partial charge < -0.3 is 14.6 Å². The van der Waals surface area contributed by atoms with E-state index < -0.39 is 29.5 Å². The molecule has 0 aliphatic heterocycles. The van der Waals surface area contributed by atoms with Gasteiger partial charge in [0.25, 0.3) is 0 Å². The Bertz CT molecular complexity index is 959. The highest BCUT2D eigenvalue weighted by Gasteiger charge is 2.35. The van der Waals surface area contributed by atoms with Crippen molar-refractivity contribution in [3.8, 4) is 0 Å². The molecule has 0 radical (unpaired) electrons. The first-order valence-electron chi connectivity index (χ1n) is 10.3. The SMILES string of the molecule is Cc1cnc(N(C)CC(=O)N(Cc2ccc(C(F)(F)F)cc2)C(C=O)C2CCC2)c(F)c1. The fraction of sp³-hybridized carbons (Fsp3) is 0.435. The first kappa shape index (κ1) is 23.7. The highest BCUT2D eigenvalue weighted by molar-refractivity contribution is 5.84. The van der Waals surface area contributed by atoms with Gasteiger partial charge in [-0.15, -0.1) is 0 Å². The summed E-state index contributed by atoms with van der Waals surface area (Å²) in [6, 6.07) is 5.13. The van der Waals surface area contributed by atoms with Crippen LogP contribution in [0.1, 0.15) is 36.0 Å². The summed E-state index contributed by atoms with van der Waals surface area (Å²) in [5.74, 6) is -0.992. The number of anilines is 1. The number of hydrogen-bond donors (Lipinski definition) is 0. The van der Waals surface area contributed by atoms with Crippen molar-refractivity contribution >= 4 is 18.0 Å². The molecule has 9 heteroatoms. The number of carbonyl (C=O) groups is 2. The van der Waals surface area contributed by atoms with Crippen molar-refractivity contribution in [3.63, 3.8) is 0 Å². The van der Waals surface area contributed by atoms with Gasteiger partial charge in [-0.1, -0.05) is 18.6 Å². The van der Waals surface area contributed by atoms with E-state index in [4.69, 9.17) is 0 Å². The van der Waals surface area contributed by atoms with Crippen molar-refractivity contribution in [1.82, 2.24) is 9.88 Å². The van der Waals surface area contributed by atoms with Crippen LogP contribution in [0.2, 0.25) is 0 Å². The topological polar surface area (TPSA) is 53.5 Å². The normalized spacial score (nSPS) is 15.1. The molecular formula is C23H25F4N3O2. The number of amides is 1. The van der Waals surface area contributed by atoms with Crippen LogP contribution in [-0.4, -0.2) is 41.7 Å². The van der Waals surface area contributed by atoms with Crippen molar-refractivity contribution in [2.24, 2.45) is 5.92 Å². The predicted molar refractivity (Wildman–Crippen MR) is 111 cm³/mol. The summed E-state index contributed by atoms with van der Waals surface area (Å²) in [5.41, 5.74) is 0.325. The fourth-order valence-electron chi connectivity index (χ4n) is 3.75. The van der Waals surface area contributed by atoms with E-state index in [-0.39, 0.29) is 24.8 Å². The molecule has 1 unspecified atom stereocenters. The van der Waals surface area contributed by atoms with Gasteiger partial charge in [0.2, 0.25) is 5.91 Å². The Morgan fingerprint density at radius 3 is 2.41 bits per heavy atom. The van der Waals surface area contributed by atoms with Crippen molar-refractivity contribution in [2.75, 3.05) is 18.5 Å². The molecule has 1 amide bonds. The summed E-state index contributed by atoms with van der Waals surface area (Å²) in [7, 11) is 1.52. The number of hydrogen-bond acceptors (Lipinski definition) is 4. The summed E-state index contributed by atoms with van der Waals surface area (Å²) < 4.78 is 52.9. The van der Waals surface area contributed by atoms with Gasteiger partial charge in [0.1, 0.15) is 6.29 Å². The van der Waals surface area contributed by atoms with Gasteiger partial charge in [-0.2, -0.15) is 13.2 Å². The summed E-state index contributed by atoms with van der Waals surface area (Å²) >= 11 is 0. The third kappa shape index (κ3) is 5.44. The molecule has 3 rings (SSSR count). The van der Waals surface area contributed by atoms with Crippen LogP contribution < -0.4 is 4.90 Å². The van der Waals surface area contributed by atoms with Gasteiger partial charge in [-0.25, -0.2) is 9.37 Å². The zero-order valence-electron chi connectivity index (χ0n) is 17.9. The highest BCUT2D eigenvalue weighted by Crippen LogP contribution is 2.33. The number of rotatable bonds is 8. The van der Waals surface area contributed by atoms with Crippen LogP contribution in [-0.2, 0) is 22.3 Å². The van der Waals surface area contributed by atoms with E-state index in [1.54, 1.807) is 6.92 Å². The third-order valence-corrected chi connectivity index (χ3v) is 5.78. The monoisotopic (exact) mass is 451 g/mol. The molecule has 5 nitrogen and oxygen atoms in total. The second-order valence-corrected chi connectivity index (χ2v) is 8.21. The quantitative estimate of drug-likeness (QED) is 0.442. The number of benzene rings is 1. The number of nitrogens with zero attached hydrogens (tertiary/aromatic N) is 3. The summed E-state index contributed by atoms with van der Waals surface area (Å²) in [5, 5.41) is 0. The molecule has 32 heavy (non-hydrogen) atoms. The lowest BCUT2D eigenvalue weighted by Gasteiger charge is -2.39. The second-order valence-electron chi connectivity index (χ2n) is 8.21. The van der Waals surface area contributed by atoms with E-state index >= 15 is 0 Å². The maximum Gasteiger partial charge on any atom is 0.416 e. The largest absolute Gasteiger partial charge is 0.416 e. The van der Waals surface area contributed by atoms with Crippen LogP contribution in [0.25, 0.3) is 0 Å².